The van der Waals surface area contributed by atoms with E-state index in [4.69, 9.17) is 7.85 Å². The lowest BCUT2D eigenvalue weighted by atomic mass is 9.75. The maximum Gasteiger partial charge on any atom is 0.0699 e. The molecule has 0 atom stereocenters. The molecule has 1 aliphatic rings. The Labute approximate surface area is 57.9 Å². The summed E-state index contributed by atoms with van der Waals surface area (Å²) in [5.41, 5.74) is 0. The maximum atomic E-state index is 5.66. The number of hydrogen-bond donors (Lipinski definition) is 1. The molecule has 1 fully saturated rings. The van der Waals surface area contributed by atoms with Crippen LogP contribution < -0.4 is 0 Å². The third-order valence-electron chi connectivity index (χ3n) is 1.74. The van der Waals surface area contributed by atoms with Crippen molar-refractivity contribution in [2.45, 2.75) is 36.8 Å². The van der Waals surface area contributed by atoms with E-state index in [2.05, 4.69) is 12.6 Å². The van der Waals surface area contributed by atoms with Crippen molar-refractivity contribution in [1.82, 2.24) is 0 Å². The Morgan fingerprint density at radius 1 is 1.12 bits per heavy atom. The zero-order valence-corrected chi connectivity index (χ0v) is 5.90. The second kappa shape index (κ2) is 2.81. The van der Waals surface area contributed by atoms with Crippen molar-refractivity contribution < 1.29 is 0 Å². The van der Waals surface area contributed by atoms with Crippen LogP contribution in [0.15, 0.2) is 0 Å². The quantitative estimate of drug-likeness (QED) is 0.371. The predicted molar refractivity (Wildman–Crippen MR) is 40.7 cm³/mol. The Hall–Kier alpha value is 0.415. The molecule has 1 rings (SSSR count). The van der Waals surface area contributed by atoms with Gasteiger partial charge in [-0.05, 0) is 12.8 Å². The molecule has 1 saturated carbocycles. The van der Waals surface area contributed by atoms with Gasteiger partial charge in [-0.1, -0.05) is 18.7 Å². The van der Waals surface area contributed by atoms with E-state index >= 15 is 0 Å². The third-order valence-corrected chi connectivity index (χ3v) is 2.26. The number of hydrogen-bond acceptors (Lipinski definition) is 1. The highest BCUT2D eigenvalue weighted by atomic mass is 32.1. The predicted octanol–water partition coefficient (Wildman–Crippen LogP) is 1.82. The van der Waals surface area contributed by atoms with Gasteiger partial charge in [-0.2, -0.15) is 12.6 Å². The van der Waals surface area contributed by atoms with Crippen molar-refractivity contribution in [2.75, 3.05) is 0 Å². The topological polar surface area (TPSA) is 0 Å². The molecule has 0 nitrogen and oxygen atoms in total. The maximum absolute atomic E-state index is 5.66. The largest absolute Gasteiger partial charge is 0.176 e. The van der Waals surface area contributed by atoms with E-state index < -0.39 is 0 Å². The minimum absolute atomic E-state index is 0.471. The van der Waals surface area contributed by atoms with Crippen molar-refractivity contribution in [3.05, 3.63) is 0 Å². The molecule has 0 amide bonds. The Morgan fingerprint density at radius 2 is 1.62 bits per heavy atom. The summed E-state index contributed by atoms with van der Waals surface area (Å²) in [5.74, 6) is 0.471. The fourth-order valence-corrected chi connectivity index (χ4v) is 1.40. The molecular formula is C6H11BS. The van der Waals surface area contributed by atoms with E-state index in [1.165, 1.54) is 25.7 Å². The van der Waals surface area contributed by atoms with Crippen LogP contribution in [-0.4, -0.2) is 13.1 Å². The molecule has 0 N–H and O–H groups in total. The summed E-state index contributed by atoms with van der Waals surface area (Å²) in [6, 6.07) is 0. The molecule has 0 spiro atoms. The number of rotatable bonds is 0. The van der Waals surface area contributed by atoms with Crippen LogP contribution in [0.4, 0.5) is 0 Å². The molecule has 0 unspecified atom stereocenters. The van der Waals surface area contributed by atoms with Crippen LogP contribution in [0.5, 0.6) is 0 Å². The Balaban J connectivity index is 2.19. The average molecular weight is 126 g/mol. The normalized spacial score (nSPS) is 39.6. The summed E-state index contributed by atoms with van der Waals surface area (Å²) in [5, 5.41) is 0.634. The minimum atomic E-state index is 0.471. The van der Waals surface area contributed by atoms with E-state index in [0.29, 0.717) is 11.1 Å². The van der Waals surface area contributed by atoms with Crippen LogP contribution in [0.2, 0.25) is 5.82 Å². The molecule has 0 heterocycles. The van der Waals surface area contributed by atoms with Crippen molar-refractivity contribution in [1.29, 1.82) is 0 Å². The van der Waals surface area contributed by atoms with Crippen LogP contribution in [0.25, 0.3) is 0 Å². The zero-order chi connectivity index (χ0) is 5.98. The molecule has 44 valence electrons. The molecule has 8 heavy (non-hydrogen) atoms. The summed E-state index contributed by atoms with van der Waals surface area (Å²) in [7, 11) is 5.66. The molecule has 0 aromatic carbocycles. The molecule has 0 aliphatic heterocycles. The van der Waals surface area contributed by atoms with Gasteiger partial charge in [0.1, 0.15) is 0 Å². The third kappa shape index (κ3) is 1.73. The van der Waals surface area contributed by atoms with Crippen LogP contribution in [0.3, 0.4) is 0 Å². The molecule has 1 aliphatic carbocycles. The molecule has 2 heteroatoms. The summed E-state index contributed by atoms with van der Waals surface area (Å²) >= 11 is 4.35. The van der Waals surface area contributed by atoms with Gasteiger partial charge in [0.15, 0.2) is 0 Å². The fourth-order valence-electron chi connectivity index (χ4n) is 1.10. The lowest BCUT2D eigenvalue weighted by Gasteiger charge is -2.22. The minimum Gasteiger partial charge on any atom is -0.176 e. The first-order chi connectivity index (χ1) is 3.79. The molecule has 0 saturated heterocycles. The Morgan fingerprint density at radius 3 is 2.00 bits per heavy atom. The van der Waals surface area contributed by atoms with Crippen LogP contribution in [0.1, 0.15) is 25.7 Å². The van der Waals surface area contributed by atoms with Crippen molar-refractivity contribution in [3.63, 3.8) is 0 Å². The summed E-state index contributed by atoms with van der Waals surface area (Å²) in [6.45, 7) is 0. The highest BCUT2D eigenvalue weighted by Gasteiger charge is 2.13. The first-order valence-electron chi connectivity index (χ1n) is 3.22. The standard InChI is InChI=1S/C6H11BS/c7-5-1-3-6(8)4-2-5/h5-6,8H,1-4H2. The first-order valence-corrected chi connectivity index (χ1v) is 3.74. The van der Waals surface area contributed by atoms with Gasteiger partial charge in [0, 0.05) is 5.25 Å². The second-order valence-corrected chi connectivity index (χ2v) is 3.30. The zero-order valence-electron chi connectivity index (χ0n) is 5.01. The average Bonchev–Trinajstić information content (AvgIpc) is 1.77. The molecule has 0 bridgehead atoms. The molecule has 2 radical (unpaired) electrons. The van der Waals surface area contributed by atoms with Gasteiger partial charge < -0.3 is 0 Å². The van der Waals surface area contributed by atoms with Crippen molar-refractivity contribution >= 4 is 20.5 Å². The van der Waals surface area contributed by atoms with Gasteiger partial charge in [-0.25, -0.2) is 0 Å². The molecule has 0 aromatic heterocycles. The molecular weight excluding hydrogens is 115 g/mol. The number of thiol groups is 1. The fraction of sp³-hybridized carbons (Fsp3) is 1.00. The SMILES string of the molecule is [B]C1CCC(S)CC1. The molecule has 0 aromatic rings. The van der Waals surface area contributed by atoms with Crippen molar-refractivity contribution in [2.24, 2.45) is 0 Å². The van der Waals surface area contributed by atoms with E-state index in [0.717, 1.165) is 0 Å². The van der Waals surface area contributed by atoms with Gasteiger partial charge in [-0.15, -0.1) is 0 Å². The lowest BCUT2D eigenvalue weighted by molar-refractivity contribution is 0.518. The second-order valence-electron chi connectivity index (χ2n) is 2.57. The van der Waals surface area contributed by atoms with E-state index in [9.17, 15) is 0 Å². The van der Waals surface area contributed by atoms with Crippen molar-refractivity contribution in [3.8, 4) is 0 Å². The summed E-state index contributed by atoms with van der Waals surface area (Å²) < 4.78 is 0. The lowest BCUT2D eigenvalue weighted by Crippen LogP contribution is -2.09. The van der Waals surface area contributed by atoms with E-state index in [1.54, 1.807) is 0 Å². The van der Waals surface area contributed by atoms with Crippen LogP contribution in [-0.2, 0) is 0 Å². The van der Waals surface area contributed by atoms with Gasteiger partial charge in [-0.3, -0.25) is 0 Å². The summed E-state index contributed by atoms with van der Waals surface area (Å²) in [6.07, 6.45) is 4.77. The van der Waals surface area contributed by atoms with Gasteiger partial charge in [0.2, 0.25) is 0 Å². The van der Waals surface area contributed by atoms with Gasteiger partial charge in [0.05, 0.1) is 7.85 Å². The highest BCUT2D eigenvalue weighted by molar-refractivity contribution is 7.80. The van der Waals surface area contributed by atoms with E-state index in [1.807, 2.05) is 0 Å². The van der Waals surface area contributed by atoms with Crippen LogP contribution in [0, 0.1) is 0 Å². The Bertz CT molecular complexity index is 56.9. The summed E-state index contributed by atoms with van der Waals surface area (Å²) in [4.78, 5) is 0. The monoisotopic (exact) mass is 126 g/mol. The van der Waals surface area contributed by atoms with Gasteiger partial charge >= 0.3 is 0 Å². The first kappa shape index (κ1) is 6.53. The Kier molecular flexibility index (Phi) is 2.30. The van der Waals surface area contributed by atoms with Gasteiger partial charge in [0.25, 0.3) is 0 Å². The van der Waals surface area contributed by atoms with Crippen LogP contribution >= 0.6 is 12.6 Å². The van der Waals surface area contributed by atoms with E-state index in [-0.39, 0.29) is 0 Å². The highest BCUT2D eigenvalue weighted by Crippen LogP contribution is 2.28. The smallest absolute Gasteiger partial charge is 0.0699 e.